The standard InChI is InChI=1S/C29H21Cl2F3N4OS.C2H6/c1-4-15-37(3)17-22-26(28(39)35-2)36-38(24-13-10-20(30)16-23(24)31)27(22)25-14-12-21(40-25)11-7-18-5-8-19(9-6-18)29(32,33)34;1-2/h1,5-6,8-10,12-14,16H,15,17H2,2-3H3,(H,35,39);1-2H3. The van der Waals surface area contributed by atoms with Crippen LogP contribution in [0.15, 0.2) is 54.6 Å². The van der Waals surface area contributed by atoms with E-state index in [1.54, 1.807) is 28.9 Å². The summed E-state index contributed by atoms with van der Waals surface area (Å²) < 4.78 is 40.2. The predicted molar refractivity (Wildman–Crippen MR) is 164 cm³/mol. The maximum atomic E-state index is 12.9. The molecular formula is C31H27Cl2F3N4OS. The summed E-state index contributed by atoms with van der Waals surface area (Å²) in [4.78, 5) is 16.2. The van der Waals surface area contributed by atoms with Crippen LogP contribution in [0.2, 0.25) is 10.0 Å². The number of thiophene rings is 1. The van der Waals surface area contributed by atoms with E-state index in [1.165, 1.54) is 30.5 Å². The number of rotatable bonds is 6. The van der Waals surface area contributed by atoms with Crippen molar-refractivity contribution in [2.45, 2.75) is 26.6 Å². The number of nitrogens with zero attached hydrogens (tertiary/aromatic N) is 3. The highest BCUT2D eigenvalue weighted by molar-refractivity contribution is 7.16. The van der Waals surface area contributed by atoms with E-state index in [2.05, 4.69) is 28.2 Å². The third-order valence-electron chi connectivity index (χ3n) is 5.73. The molecule has 1 amide bonds. The zero-order valence-electron chi connectivity index (χ0n) is 23.2. The van der Waals surface area contributed by atoms with E-state index >= 15 is 0 Å². The van der Waals surface area contributed by atoms with Gasteiger partial charge in [-0.05, 0) is 61.6 Å². The van der Waals surface area contributed by atoms with E-state index in [-0.39, 0.29) is 11.6 Å². The third kappa shape index (κ3) is 7.76. The summed E-state index contributed by atoms with van der Waals surface area (Å²) >= 11 is 14.0. The number of halogens is 5. The van der Waals surface area contributed by atoms with Crippen molar-refractivity contribution in [3.63, 3.8) is 0 Å². The monoisotopic (exact) mass is 630 g/mol. The number of hydrogen-bond donors (Lipinski definition) is 1. The summed E-state index contributed by atoms with van der Waals surface area (Å²) in [5.74, 6) is 8.12. The molecule has 2 aromatic heterocycles. The normalized spacial score (nSPS) is 10.8. The van der Waals surface area contributed by atoms with Gasteiger partial charge in [-0.2, -0.15) is 18.3 Å². The van der Waals surface area contributed by atoms with Crippen LogP contribution in [-0.2, 0) is 12.7 Å². The summed E-state index contributed by atoms with van der Waals surface area (Å²) in [6, 6.07) is 13.3. The van der Waals surface area contributed by atoms with Crippen LogP contribution in [0.3, 0.4) is 0 Å². The molecule has 218 valence electrons. The Morgan fingerprint density at radius 2 is 1.79 bits per heavy atom. The van der Waals surface area contributed by atoms with Crippen molar-refractivity contribution in [2.24, 2.45) is 0 Å². The van der Waals surface area contributed by atoms with Gasteiger partial charge in [-0.25, -0.2) is 4.68 Å². The Kier molecular flexibility index (Phi) is 11.3. The summed E-state index contributed by atoms with van der Waals surface area (Å²) in [6.07, 6.45) is 1.10. The maximum absolute atomic E-state index is 12.9. The second-order valence-corrected chi connectivity index (χ2v) is 10.6. The minimum Gasteiger partial charge on any atom is -0.354 e. The van der Waals surface area contributed by atoms with Crippen LogP contribution in [0.25, 0.3) is 16.3 Å². The molecule has 5 nitrogen and oxygen atoms in total. The van der Waals surface area contributed by atoms with E-state index in [0.717, 1.165) is 17.0 Å². The first kappa shape index (κ1) is 32.8. The molecule has 0 radical (unpaired) electrons. The molecule has 0 aliphatic rings. The van der Waals surface area contributed by atoms with E-state index in [0.29, 0.717) is 50.5 Å². The Labute approximate surface area is 257 Å². The maximum Gasteiger partial charge on any atom is 0.416 e. The van der Waals surface area contributed by atoms with E-state index < -0.39 is 11.7 Å². The van der Waals surface area contributed by atoms with Gasteiger partial charge in [0.1, 0.15) is 0 Å². The van der Waals surface area contributed by atoms with E-state index in [4.69, 9.17) is 29.6 Å². The Hall–Kier alpha value is -3.73. The molecule has 4 rings (SSSR count). The van der Waals surface area contributed by atoms with Gasteiger partial charge in [0.2, 0.25) is 0 Å². The fourth-order valence-electron chi connectivity index (χ4n) is 3.87. The highest BCUT2D eigenvalue weighted by atomic mass is 35.5. The highest BCUT2D eigenvalue weighted by Crippen LogP contribution is 2.37. The van der Waals surface area contributed by atoms with Crippen LogP contribution in [-0.4, -0.2) is 41.2 Å². The van der Waals surface area contributed by atoms with Crippen molar-refractivity contribution in [2.75, 3.05) is 20.6 Å². The van der Waals surface area contributed by atoms with Gasteiger partial charge in [-0.3, -0.25) is 9.69 Å². The van der Waals surface area contributed by atoms with Gasteiger partial charge in [0.15, 0.2) is 5.69 Å². The first-order valence-electron chi connectivity index (χ1n) is 12.7. The molecule has 0 unspecified atom stereocenters. The fraction of sp³-hybridized carbons (Fsp3) is 0.226. The molecule has 0 saturated carbocycles. The molecule has 0 aliphatic carbocycles. The van der Waals surface area contributed by atoms with Crippen LogP contribution in [0.1, 0.15) is 45.9 Å². The molecule has 2 heterocycles. The van der Waals surface area contributed by atoms with Crippen LogP contribution in [0.5, 0.6) is 0 Å². The van der Waals surface area contributed by atoms with Gasteiger partial charge in [-0.15, -0.1) is 17.8 Å². The van der Waals surface area contributed by atoms with Gasteiger partial charge in [0.05, 0.1) is 38.3 Å². The number of aromatic nitrogens is 2. The lowest BCUT2D eigenvalue weighted by molar-refractivity contribution is -0.137. The summed E-state index contributed by atoms with van der Waals surface area (Å²) in [5.41, 5.74) is 1.69. The zero-order chi connectivity index (χ0) is 31.0. The quantitative estimate of drug-likeness (QED) is 0.221. The lowest BCUT2D eigenvalue weighted by Crippen LogP contribution is -2.23. The van der Waals surface area contributed by atoms with Crippen molar-refractivity contribution >= 4 is 40.4 Å². The molecule has 1 N–H and O–H groups in total. The molecule has 11 heteroatoms. The topological polar surface area (TPSA) is 50.2 Å². The number of nitrogens with one attached hydrogen (secondary N) is 1. The number of alkyl halides is 3. The average molecular weight is 632 g/mol. The SMILES string of the molecule is C#CCN(C)Cc1c(C(=O)NC)nn(-c2ccc(Cl)cc2Cl)c1-c1ccc(C#Cc2ccc(C(F)(F)F)cc2)s1.CC. The molecule has 0 aliphatic heterocycles. The third-order valence-corrected chi connectivity index (χ3v) is 7.28. The minimum absolute atomic E-state index is 0.207. The Balaban J connectivity index is 0.00000237. The molecule has 0 spiro atoms. The van der Waals surface area contributed by atoms with Gasteiger partial charge >= 0.3 is 6.18 Å². The minimum atomic E-state index is -4.41. The Morgan fingerprint density at radius 3 is 2.38 bits per heavy atom. The second-order valence-electron chi connectivity index (χ2n) is 8.63. The number of terminal acetylenes is 1. The number of hydrogen-bond acceptors (Lipinski definition) is 4. The zero-order valence-corrected chi connectivity index (χ0v) is 25.6. The number of benzene rings is 2. The molecule has 0 saturated heterocycles. The van der Waals surface area contributed by atoms with Crippen molar-refractivity contribution in [3.05, 3.63) is 91.9 Å². The summed E-state index contributed by atoms with van der Waals surface area (Å²) in [7, 11) is 3.35. The molecule has 2 aromatic carbocycles. The number of amides is 1. The van der Waals surface area contributed by atoms with Crippen molar-refractivity contribution in [1.82, 2.24) is 20.0 Å². The molecule has 0 bridgehead atoms. The molecule has 0 atom stereocenters. The first-order valence-corrected chi connectivity index (χ1v) is 14.3. The second kappa shape index (κ2) is 14.4. The van der Waals surface area contributed by atoms with E-state index in [1.807, 2.05) is 31.9 Å². The Bertz CT molecular complexity index is 1660. The molecule has 0 fully saturated rings. The lowest BCUT2D eigenvalue weighted by atomic mass is 10.1. The van der Waals surface area contributed by atoms with Crippen LogP contribution < -0.4 is 5.32 Å². The fourth-order valence-corrected chi connectivity index (χ4v) is 5.28. The van der Waals surface area contributed by atoms with Gasteiger partial charge in [0, 0.05) is 29.7 Å². The first-order chi connectivity index (χ1) is 20.0. The van der Waals surface area contributed by atoms with Crippen molar-refractivity contribution in [3.8, 4) is 40.4 Å². The lowest BCUT2D eigenvalue weighted by Gasteiger charge is -2.15. The van der Waals surface area contributed by atoms with Gasteiger partial charge in [-0.1, -0.05) is 54.8 Å². The van der Waals surface area contributed by atoms with Crippen molar-refractivity contribution < 1.29 is 18.0 Å². The van der Waals surface area contributed by atoms with Crippen molar-refractivity contribution in [1.29, 1.82) is 0 Å². The smallest absolute Gasteiger partial charge is 0.354 e. The molecule has 4 aromatic rings. The Morgan fingerprint density at radius 1 is 1.10 bits per heavy atom. The largest absolute Gasteiger partial charge is 0.416 e. The summed E-state index contributed by atoms with van der Waals surface area (Å²) in [5, 5.41) is 8.05. The van der Waals surface area contributed by atoms with Crippen LogP contribution >= 0.6 is 34.5 Å². The molecule has 42 heavy (non-hydrogen) atoms. The van der Waals surface area contributed by atoms with E-state index in [9.17, 15) is 18.0 Å². The van der Waals surface area contributed by atoms with Crippen LogP contribution in [0, 0.1) is 24.2 Å². The summed E-state index contributed by atoms with van der Waals surface area (Å²) in [6.45, 7) is 4.66. The molecular weight excluding hydrogens is 604 g/mol. The van der Waals surface area contributed by atoms with Gasteiger partial charge < -0.3 is 5.32 Å². The van der Waals surface area contributed by atoms with Gasteiger partial charge in [0.25, 0.3) is 5.91 Å². The number of carbonyl (C=O) groups is 1. The predicted octanol–water partition coefficient (Wildman–Crippen LogP) is 7.78. The highest BCUT2D eigenvalue weighted by Gasteiger charge is 2.30. The van der Waals surface area contributed by atoms with Crippen LogP contribution in [0.4, 0.5) is 13.2 Å². The number of carbonyl (C=O) groups excluding carboxylic acids is 1. The average Bonchev–Trinajstić information content (AvgIpc) is 3.57.